The second-order valence-electron chi connectivity index (χ2n) is 3.96. The zero-order chi connectivity index (χ0) is 12.7. The molecular formula is C13H19FN2O. The zero-order valence-corrected chi connectivity index (χ0v) is 10.4. The number of benzene rings is 1. The van der Waals surface area contributed by atoms with E-state index in [4.69, 9.17) is 0 Å². The molecule has 1 N–H and O–H groups in total. The average molecular weight is 238 g/mol. The fraction of sp³-hybridized carbons (Fsp3) is 0.462. The average Bonchev–Trinajstić information content (AvgIpc) is 2.34. The summed E-state index contributed by atoms with van der Waals surface area (Å²) in [4.78, 5) is 13.2. The molecule has 0 unspecified atom stereocenters. The van der Waals surface area contributed by atoms with Crippen molar-refractivity contribution in [2.24, 2.45) is 0 Å². The van der Waals surface area contributed by atoms with Crippen molar-refractivity contribution in [2.45, 2.75) is 19.3 Å². The fourth-order valence-electron chi connectivity index (χ4n) is 1.60. The van der Waals surface area contributed by atoms with Gasteiger partial charge in [-0.1, -0.05) is 12.1 Å². The highest BCUT2D eigenvalue weighted by Gasteiger charge is 2.13. The summed E-state index contributed by atoms with van der Waals surface area (Å²) in [5.74, 6) is -0.412. The largest absolute Gasteiger partial charge is 0.320 e. The molecule has 0 aliphatic carbocycles. The van der Waals surface area contributed by atoms with Crippen molar-refractivity contribution >= 4 is 11.6 Å². The van der Waals surface area contributed by atoms with Crippen LogP contribution in [0.2, 0.25) is 0 Å². The van der Waals surface area contributed by atoms with Crippen molar-refractivity contribution in [3.63, 3.8) is 0 Å². The standard InChI is InChI=1S/C13H19FN2O/c1-15-10-6-5-9-13(17)16(2)12-8-4-3-7-11(12)14/h3-4,7-8,15H,5-6,9-10H2,1-2H3. The highest BCUT2D eigenvalue weighted by molar-refractivity contribution is 5.92. The number of amides is 1. The predicted octanol–water partition coefficient (Wildman–Crippen LogP) is 2.18. The van der Waals surface area contributed by atoms with E-state index in [0.29, 0.717) is 12.1 Å². The van der Waals surface area contributed by atoms with E-state index in [0.717, 1.165) is 19.4 Å². The lowest BCUT2D eigenvalue weighted by molar-refractivity contribution is -0.118. The molecule has 0 bridgehead atoms. The van der Waals surface area contributed by atoms with E-state index < -0.39 is 0 Å². The third-order valence-corrected chi connectivity index (χ3v) is 2.66. The first kappa shape index (κ1) is 13.6. The summed E-state index contributed by atoms with van der Waals surface area (Å²) in [6.07, 6.45) is 2.22. The number of nitrogens with one attached hydrogen (secondary N) is 1. The summed E-state index contributed by atoms with van der Waals surface area (Å²) in [6.45, 7) is 0.899. The molecule has 0 heterocycles. The Bertz CT molecular complexity index is 368. The second kappa shape index (κ2) is 7.01. The molecule has 1 aromatic rings. The minimum Gasteiger partial charge on any atom is -0.320 e. The van der Waals surface area contributed by atoms with Crippen LogP contribution in [-0.2, 0) is 4.79 Å². The Morgan fingerprint density at radius 2 is 2.06 bits per heavy atom. The van der Waals surface area contributed by atoms with Gasteiger partial charge in [-0.05, 0) is 38.6 Å². The van der Waals surface area contributed by atoms with Crippen molar-refractivity contribution in [3.05, 3.63) is 30.1 Å². The minimum atomic E-state index is -0.362. The summed E-state index contributed by atoms with van der Waals surface area (Å²) < 4.78 is 13.4. The number of unbranched alkanes of at least 4 members (excludes halogenated alkanes) is 1. The lowest BCUT2D eigenvalue weighted by Gasteiger charge is -2.17. The van der Waals surface area contributed by atoms with Gasteiger partial charge in [-0.3, -0.25) is 4.79 Å². The van der Waals surface area contributed by atoms with Crippen LogP contribution in [0.5, 0.6) is 0 Å². The van der Waals surface area contributed by atoms with Crippen LogP contribution in [0.15, 0.2) is 24.3 Å². The molecule has 1 aromatic carbocycles. The zero-order valence-electron chi connectivity index (χ0n) is 10.4. The first-order valence-corrected chi connectivity index (χ1v) is 5.82. The number of nitrogens with zero attached hydrogens (tertiary/aromatic N) is 1. The molecule has 1 amide bonds. The van der Waals surface area contributed by atoms with Gasteiger partial charge in [-0.25, -0.2) is 4.39 Å². The monoisotopic (exact) mass is 238 g/mol. The molecule has 0 aliphatic heterocycles. The maximum Gasteiger partial charge on any atom is 0.226 e. The van der Waals surface area contributed by atoms with Crippen LogP contribution < -0.4 is 10.2 Å². The molecule has 3 nitrogen and oxygen atoms in total. The van der Waals surface area contributed by atoms with Gasteiger partial charge >= 0.3 is 0 Å². The molecule has 0 aliphatic rings. The number of hydrogen-bond donors (Lipinski definition) is 1. The SMILES string of the molecule is CNCCCCC(=O)N(C)c1ccccc1F. The van der Waals surface area contributed by atoms with Crippen LogP contribution in [0, 0.1) is 5.82 Å². The molecular weight excluding hydrogens is 219 g/mol. The number of halogens is 1. The molecule has 0 aromatic heterocycles. The Hall–Kier alpha value is -1.42. The van der Waals surface area contributed by atoms with Gasteiger partial charge in [0.1, 0.15) is 5.82 Å². The topological polar surface area (TPSA) is 32.3 Å². The number of para-hydroxylation sites is 1. The van der Waals surface area contributed by atoms with Crippen molar-refractivity contribution in [3.8, 4) is 0 Å². The number of hydrogen-bond acceptors (Lipinski definition) is 2. The van der Waals surface area contributed by atoms with Gasteiger partial charge in [0, 0.05) is 13.5 Å². The van der Waals surface area contributed by atoms with E-state index >= 15 is 0 Å². The Morgan fingerprint density at radius 3 is 2.71 bits per heavy atom. The normalized spacial score (nSPS) is 10.3. The molecule has 0 saturated heterocycles. The van der Waals surface area contributed by atoms with E-state index in [1.165, 1.54) is 11.0 Å². The predicted molar refractivity (Wildman–Crippen MR) is 67.6 cm³/mol. The number of carbonyl (C=O) groups is 1. The van der Waals surface area contributed by atoms with E-state index in [9.17, 15) is 9.18 Å². The summed E-state index contributed by atoms with van der Waals surface area (Å²) in [5, 5.41) is 3.03. The number of carbonyl (C=O) groups excluding carboxylic acids is 1. The molecule has 17 heavy (non-hydrogen) atoms. The number of anilines is 1. The summed E-state index contributed by atoms with van der Waals surface area (Å²) in [6, 6.07) is 6.31. The molecule has 0 spiro atoms. The first-order valence-electron chi connectivity index (χ1n) is 5.82. The van der Waals surface area contributed by atoms with Crippen LogP contribution in [-0.4, -0.2) is 26.5 Å². The Morgan fingerprint density at radius 1 is 1.35 bits per heavy atom. The smallest absolute Gasteiger partial charge is 0.226 e. The highest BCUT2D eigenvalue weighted by atomic mass is 19.1. The van der Waals surface area contributed by atoms with Gasteiger partial charge in [-0.15, -0.1) is 0 Å². The maximum absolute atomic E-state index is 13.4. The Labute approximate surface area is 102 Å². The van der Waals surface area contributed by atoms with Gasteiger partial charge in [0.2, 0.25) is 5.91 Å². The van der Waals surface area contributed by atoms with Gasteiger partial charge in [-0.2, -0.15) is 0 Å². The van der Waals surface area contributed by atoms with Crippen LogP contribution >= 0.6 is 0 Å². The lowest BCUT2D eigenvalue weighted by atomic mass is 10.2. The van der Waals surface area contributed by atoms with Gasteiger partial charge < -0.3 is 10.2 Å². The molecule has 0 saturated carbocycles. The third kappa shape index (κ3) is 4.15. The van der Waals surface area contributed by atoms with E-state index in [2.05, 4.69) is 5.32 Å². The number of rotatable bonds is 6. The lowest BCUT2D eigenvalue weighted by Crippen LogP contribution is -2.26. The molecule has 0 fully saturated rings. The molecule has 1 rings (SSSR count). The highest BCUT2D eigenvalue weighted by Crippen LogP contribution is 2.18. The quantitative estimate of drug-likeness (QED) is 0.770. The van der Waals surface area contributed by atoms with Crippen molar-refractivity contribution < 1.29 is 9.18 Å². The van der Waals surface area contributed by atoms with Crippen LogP contribution in [0.1, 0.15) is 19.3 Å². The summed E-state index contributed by atoms with van der Waals surface area (Å²) in [5.41, 5.74) is 0.339. The summed E-state index contributed by atoms with van der Waals surface area (Å²) >= 11 is 0. The van der Waals surface area contributed by atoms with E-state index in [-0.39, 0.29) is 11.7 Å². The van der Waals surface area contributed by atoms with Gasteiger partial charge in [0.15, 0.2) is 0 Å². The Kier molecular flexibility index (Phi) is 5.63. The minimum absolute atomic E-state index is 0.0498. The second-order valence-corrected chi connectivity index (χ2v) is 3.96. The van der Waals surface area contributed by atoms with E-state index in [1.54, 1.807) is 25.2 Å². The third-order valence-electron chi connectivity index (χ3n) is 2.66. The van der Waals surface area contributed by atoms with Crippen molar-refractivity contribution in [2.75, 3.05) is 25.5 Å². The fourth-order valence-corrected chi connectivity index (χ4v) is 1.60. The van der Waals surface area contributed by atoms with Crippen LogP contribution in [0.4, 0.5) is 10.1 Å². The van der Waals surface area contributed by atoms with E-state index in [1.807, 2.05) is 7.05 Å². The molecule has 0 radical (unpaired) electrons. The first-order chi connectivity index (χ1) is 8.16. The van der Waals surface area contributed by atoms with Crippen molar-refractivity contribution in [1.82, 2.24) is 5.32 Å². The maximum atomic E-state index is 13.4. The Balaban J connectivity index is 2.49. The molecule has 0 atom stereocenters. The molecule has 4 heteroatoms. The van der Waals surface area contributed by atoms with Crippen LogP contribution in [0.3, 0.4) is 0 Å². The molecule has 94 valence electrons. The van der Waals surface area contributed by atoms with Crippen LogP contribution in [0.25, 0.3) is 0 Å². The van der Waals surface area contributed by atoms with Gasteiger partial charge in [0.25, 0.3) is 0 Å². The van der Waals surface area contributed by atoms with Gasteiger partial charge in [0.05, 0.1) is 5.69 Å². The van der Waals surface area contributed by atoms with Crippen molar-refractivity contribution in [1.29, 1.82) is 0 Å². The summed E-state index contributed by atoms with van der Waals surface area (Å²) in [7, 11) is 3.49.